The predicted octanol–water partition coefficient (Wildman–Crippen LogP) is -1.17. The van der Waals surface area contributed by atoms with E-state index in [9.17, 15) is 9.59 Å². The summed E-state index contributed by atoms with van der Waals surface area (Å²) in [5.74, 6) is 3.28. The van der Waals surface area contributed by atoms with Gasteiger partial charge in [0.25, 0.3) is 11.8 Å². The van der Waals surface area contributed by atoms with E-state index in [0.717, 1.165) is 45.4 Å². The molecular weight excluding hydrogens is 268 g/mol. The normalized spacial score (nSPS) is 9.43. The number of carbonyl (C=O) groups is 2. The second-order valence-corrected chi connectivity index (χ2v) is 4.36. The third-order valence-corrected chi connectivity index (χ3v) is 2.60. The van der Waals surface area contributed by atoms with Gasteiger partial charge in [0.1, 0.15) is 0 Å². The SMILES string of the molecule is C#CC(=O)NCCCNCCCNCCCNC(=O)C#C. The molecule has 0 aliphatic carbocycles. The fraction of sp³-hybridized carbons (Fsp3) is 0.600. The summed E-state index contributed by atoms with van der Waals surface area (Å²) in [5, 5.41) is 11.8. The quantitative estimate of drug-likeness (QED) is 0.270. The van der Waals surface area contributed by atoms with Gasteiger partial charge in [0.2, 0.25) is 0 Å². The minimum absolute atomic E-state index is 0.363. The van der Waals surface area contributed by atoms with Gasteiger partial charge >= 0.3 is 0 Å². The van der Waals surface area contributed by atoms with Gasteiger partial charge in [-0.05, 0) is 57.3 Å². The highest BCUT2D eigenvalue weighted by atomic mass is 16.2. The first-order valence-electron chi connectivity index (χ1n) is 7.11. The van der Waals surface area contributed by atoms with Crippen molar-refractivity contribution in [1.82, 2.24) is 21.3 Å². The van der Waals surface area contributed by atoms with Crippen LogP contribution >= 0.6 is 0 Å². The fourth-order valence-electron chi connectivity index (χ4n) is 1.52. The molecule has 0 atom stereocenters. The molecule has 0 saturated carbocycles. The van der Waals surface area contributed by atoms with Crippen LogP contribution in [0.25, 0.3) is 0 Å². The van der Waals surface area contributed by atoms with Gasteiger partial charge in [-0.1, -0.05) is 0 Å². The van der Waals surface area contributed by atoms with Crippen LogP contribution in [-0.4, -0.2) is 51.1 Å². The first kappa shape index (κ1) is 19.0. The van der Waals surface area contributed by atoms with Crippen LogP contribution in [0.1, 0.15) is 19.3 Å². The Balaban J connectivity index is 3.10. The van der Waals surface area contributed by atoms with Crippen LogP contribution < -0.4 is 21.3 Å². The van der Waals surface area contributed by atoms with E-state index in [1.54, 1.807) is 0 Å². The molecule has 0 fully saturated rings. The molecule has 2 amide bonds. The number of hydrogen-bond donors (Lipinski definition) is 4. The molecule has 6 heteroatoms. The van der Waals surface area contributed by atoms with Gasteiger partial charge in [-0.15, -0.1) is 12.8 Å². The number of terminal acetylenes is 2. The first-order chi connectivity index (χ1) is 10.2. The molecule has 0 aromatic heterocycles. The Labute approximate surface area is 126 Å². The van der Waals surface area contributed by atoms with Crippen molar-refractivity contribution < 1.29 is 9.59 Å². The van der Waals surface area contributed by atoms with E-state index in [2.05, 4.69) is 21.3 Å². The average molecular weight is 292 g/mol. The van der Waals surface area contributed by atoms with E-state index in [4.69, 9.17) is 12.8 Å². The fourth-order valence-corrected chi connectivity index (χ4v) is 1.52. The van der Waals surface area contributed by atoms with Gasteiger partial charge in [-0.2, -0.15) is 0 Å². The molecule has 0 aliphatic rings. The van der Waals surface area contributed by atoms with Crippen LogP contribution in [0.15, 0.2) is 0 Å². The Hall–Kier alpha value is -2.02. The average Bonchev–Trinajstić information content (AvgIpc) is 2.51. The van der Waals surface area contributed by atoms with Crippen LogP contribution in [0.5, 0.6) is 0 Å². The topological polar surface area (TPSA) is 82.3 Å². The maximum absolute atomic E-state index is 10.7. The largest absolute Gasteiger partial charge is 0.345 e. The minimum Gasteiger partial charge on any atom is -0.345 e. The third-order valence-electron chi connectivity index (χ3n) is 2.60. The zero-order valence-electron chi connectivity index (χ0n) is 12.3. The molecule has 0 aromatic rings. The summed E-state index contributed by atoms with van der Waals surface area (Å²) < 4.78 is 0. The standard InChI is InChI=1S/C15H24N4O2/c1-3-14(20)18-12-6-10-16-8-5-9-17-11-7-13-19-15(21)4-2/h1-2,16-17H,5-13H2,(H,18,20)(H,19,21). The summed E-state index contributed by atoms with van der Waals surface area (Å²) in [5.41, 5.74) is 0. The summed E-state index contributed by atoms with van der Waals surface area (Å²) in [4.78, 5) is 21.5. The lowest BCUT2D eigenvalue weighted by atomic mass is 10.3. The molecule has 0 bridgehead atoms. The lowest BCUT2D eigenvalue weighted by Crippen LogP contribution is -2.28. The molecule has 116 valence electrons. The van der Waals surface area contributed by atoms with Crippen molar-refractivity contribution in [3.63, 3.8) is 0 Å². The lowest BCUT2D eigenvalue weighted by Gasteiger charge is -2.06. The summed E-state index contributed by atoms with van der Waals surface area (Å²) in [6.07, 6.45) is 12.6. The second kappa shape index (κ2) is 14.4. The summed E-state index contributed by atoms with van der Waals surface area (Å²) >= 11 is 0. The van der Waals surface area contributed by atoms with Gasteiger partial charge in [0.05, 0.1) is 0 Å². The van der Waals surface area contributed by atoms with Crippen LogP contribution in [-0.2, 0) is 9.59 Å². The Kier molecular flexibility index (Phi) is 13.0. The van der Waals surface area contributed by atoms with E-state index in [-0.39, 0.29) is 11.8 Å². The van der Waals surface area contributed by atoms with Crippen molar-refractivity contribution in [3.8, 4) is 24.7 Å². The van der Waals surface area contributed by atoms with E-state index < -0.39 is 0 Å². The maximum Gasteiger partial charge on any atom is 0.295 e. The van der Waals surface area contributed by atoms with Crippen molar-refractivity contribution in [1.29, 1.82) is 0 Å². The molecule has 0 radical (unpaired) electrons. The second-order valence-electron chi connectivity index (χ2n) is 4.36. The van der Waals surface area contributed by atoms with E-state index in [0.29, 0.717) is 13.1 Å². The highest BCUT2D eigenvalue weighted by molar-refractivity contribution is 5.93. The van der Waals surface area contributed by atoms with Gasteiger partial charge in [0.15, 0.2) is 0 Å². The van der Waals surface area contributed by atoms with Gasteiger partial charge in [0, 0.05) is 13.1 Å². The van der Waals surface area contributed by atoms with Crippen molar-refractivity contribution in [3.05, 3.63) is 0 Å². The van der Waals surface area contributed by atoms with Crippen molar-refractivity contribution >= 4 is 11.8 Å². The zero-order chi connectivity index (χ0) is 15.8. The van der Waals surface area contributed by atoms with Crippen LogP contribution in [0.4, 0.5) is 0 Å². The van der Waals surface area contributed by atoms with Gasteiger partial charge in [-0.3, -0.25) is 9.59 Å². The molecular formula is C15H24N4O2. The molecule has 0 aliphatic heterocycles. The lowest BCUT2D eigenvalue weighted by molar-refractivity contribution is -0.116. The van der Waals surface area contributed by atoms with E-state index in [1.165, 1.54) is 0 Å². The molecule has 0 rings (SSSR count). The van der Waals surface area contributed by atoms with Gasteiger partial charge in [-0.25, -0.2) is 0 Å². The van der Waals surface area contributed by atoms with Gasteiger partial charge < -0.3 is 21.3 Å². The number of hydrogen-bond acceptors (Lipinski definition) is 4. The Morgan fingerprint density at radius 2 is 1.00 bits per heavy atom. The summed E-state index contributed by atoms with van der Waals surface area (Å²) in [6.45, 7) is 4.73. The number of amides is 2. The first-order valence-corrected chi connectivity index (χ1v) is 7.11. The monoisotopic (exact) mass is 292 g/mol. The molecule has 0 spiro atoms. The molecule has 0 aromatic carbocycles. The van der Waals surface area contributed by atoms with Crippen LogP contribution in [0, 0.1) is 24.7 Å². The summed E-state index contributed by atoms with van der Waals surface area (Å²) in [6, 6.07) is 0. The summed E-state index contributed by atoms with van der Waals surface area (Å²) in [7, 11) is 0. The molecule has 0 unspecified atom stereocenters. The molecule has 0 saturated heterocycles. The smallest absolute Gasteiger partial charge is 0.295 e. The molecule has 21 heavy (non-hydrogen) atoms. The predicted molar refractivity (Wildman–Crippen MR) is 83.3 cm³/mol. The van der Waals surface area contributed by atoms with E-state index >= 15 is 0 Å². The highest BCUT2D eigenvalue weighted by Crippen LogP contribution is 1.79. The Morgan fingerprint density at radius 1 is 0.667 bits per heavy atom. The molecule has 0 heterocycles. The number of rotatable bonds is 12. The number of nitrogens with one attached hydrogen (secondary N) is 4. The Morgan fingerprint density at radius 3 is 1.33 bits per heavy atom. The van der Waals surface area contributed by atoms with Crippen LogP contribution in [0.2, 0.25) is 0 Å². The maximum atomic E-state index is 10.7. The minimum atomic E-state index is -0.363. The molecule has 4 N–H and O–H groups in total. The van der Waals surface area contributed by atoms with Crippen LogP contribution in [0.3, 0.4) is 0 Å². The third kappa shape index (κ3) is 14.2. The zero-order valence-corrected chi connectivity index (χ0v) is 12.3. The van der Waals surface area contributed by atoms with Crippen molar-refractivity contribution in [2.75, 3.05) is 39.3 Å². The van der Waals surface area contributed by atoms with Crippen molar-refractivity contribution in [2.24, 2.45) is 0 Å². The highest BCUT2D eigenvalue weighted by Gasteiger charge is 1.94. The number of carbonyl (C=O) groups excluding carboxylic acids is 2. The van der Waals surface area contributed by atoms with Crippen molar-refractivity contribution in [2.45, 2.75) is 19.3 Å². The Bertz CT molecular complexity index is 346. The van der Waals surface area contributed by atoms with E-state index in [1.807, 2.05) is 11.8 Å². The molecule has 6 nitrogen and oxygen atoms in total.